The number of carbonyl (C=O) groups excluding carboxylic acids is 2. The molecule has 9 heteroatoms. The van der Waals surface area contributed by atoms with Crippen LogP contribution in [0.25, 0.3) is 11.1 Å². The molecule has 2 aromatic carbocycles. The third-order valence-corrected chi connectivity index (χ3v) is 5.88. The monoisotopic (exact) mass is 459 g/mol. The lowest BCUT2D eigenvalue weighted by atomic mass is 9.83. The molecular weight excluding hydrogens is 437 g/mol. The number of alkyl halides is 1. The highest BCUT2D eigenvalue weighted by atomic mass is 19.1. The van der Waals surface area contributed by atoms with Crippen LogP contribution in [0.1, 0.15) is 27.2 Å². The van der Waals surface area contributed by atoms with Gasteiger partial charge in [-0.2, -0.15) is 5.26 Å². The quantitative estimate of drug-likeness (QED) is 0.570. The van der Waals surface area contributed by atoms with Gasteiger partial charge in [-0.25, -0.2) is 14.2 Å². The summed E-state index contributed by atoms with van der Waals surface area (Å²) in [6.45, 7) is -0.806. The lowest BCUT2D eigenvalue weighted by Gasteiger charge is -2.25. The van der Waals surface area contributed by atoms with Crippen molar-refractivity contribution in [3.05, 3.63) is 83.2 Å². The number of guanidine groups is 1. The fraction of sp³-hybridized carbons (Fsp3) is 0.200. The van der Waals surface area contributed by atoms with E-state index >= 15 is 0 Å². The van der Waals surface area contributed by atoms with Gasteiger partial charge in [0, 0.05) is 18.8 Å². The van der Waals surface area contributed by atoms with Crippen LogP contribution >= 0.6 is 0 Å². The highest BCUT2D eigenvalue weighted by molar-refractivity contribution is 6.09. The number of esters is 1. The van der Waals surface area contributed by atoms with Crippen LogP contribution in [0.2, 0.25) is 0 Å². The van der Waals surface area contributed by atoms with E-state index in [4.69, 9.17) is 10.5 Å². The Labute approximate surface area is 195 Å². The number of nitriles is 1. The number of likely N-dealkylation sites (N-methyl/N-ethyl adjacent to an activating group) is 1. The van der Waals surface area contributed by atoms with Crippen LogP contribution in [0.3, 0.4) is 0 Å². The second kappa shape index (κ2) is 8.83. The number of aromatic nitrogens is 1. The van der Waals surface area contributed by atoms with E-state index in [0.29, 0.717) is 16.7 Å². The number of methoxy groups -OCH3 is 1. The maximum absolute atomic E-state index is 13.6. The van der Waals surface area contributed by atoms with Crippen LogP contribution in [0.5, 0.6) is 0 Å². The van der Waals surface area contributed by atoms with E-state index in [2.05, 4.69) is 11.1 Å². The summed E-state index contributed by atoms with van der Waals surface area (Å²) in [5.74, 6) is -1.06. The molecule has 0 fully saturated rings. The van der Waals surface area contributed by atoms with E-state index in [9.17, 15) is 19.2 Å². The van der Waals surface area contributed by atoms with E-state index in [-0.39, 0.29) is 18.2 Å². The summed E-state index contributed by atoms with van der Waals surface area (Å²) in [5, 5.41) is 9.26. The van der Waals surface area contributed by atoms with Gasteiger partial charge in [-0.3, -0.25) is 9.69 Å². The van der Waals surface area contributed by atoms with Gasteiger partial charge >= 0.3 is 5.97 Å². The normalized spacial score (nSPS) is 17.4. The molecular formula is C25H22FN5O3. The molecule has 3 aromatic rings. The predicted octanol–water partition coefficient (Wildman–Crippen LogP) is 2.81. The molecule has 2 heterocycles. The van der Waals surface area contributed by atoms with Crippen LogP contribution in [-0.2, 0) is 21.6 Å². The Morgan fingerprint density at radius 1 is 1.18 bits per heavy atom. The number of hydrogen-bond acceptors (Lipinski definition) is 6. The van der Waals surface area contributed by atoms with Crippen molar-refractivity contribution in [3.63, 3.8) is 0 Å². The summed E-state index contributed by atoms with van der Waals surface area (Å²) < 4.78 is 19.5. The second-order valence-corrected chi connectivity index (χ2v) is 7.81. The number of ether oxygens (including phenoxy) is 1. The molecule has 1 amide bonds. The van der Waals surface area contributed by atoms with Gasteiger partial charge in [-0.1, -0.05) is 30.3 Å². The van der Waals surface area contributed by atoms with Gasteiger partial charge in [-0.05, 0) is 41.0 Å². The van der Waals surface area contributed by atoms with E-state index < -0.39 is 24.1 Å². The Morgan fingerprint density at radius 2 is 1.88 bits per heavy atom. The number of carbonyl (C=O) groups is 2. The maximum atomic E-state index is 13.6. The molecule has 0 aliphatic carbocycles. The highest BCUT2D eigenvalue weighted by Crippen LogP contribution is 2.41. The van der Waals surface area contributed by atoms with Crippen molar-refractivity contribution in [1.82, 2.24) is 9.47 Å². The van der Waals surface area contributed by atoms with Crippen molar-refractivity contribution in [1.29, 1.82) is 5.26 Å². The van der Waals surface area contributed by atoms with Gasteiger partial charge in [0.1, 0.15) is 12.4 Å². The lowest BCUT2D eigenvalue weighted by Crippen LogP contribution is -2.41. The van der Waals surface area contributed by atoms with Crippen LogP contribution in [0, 0.1) is 11.3 Å². The molecule has 0 spiro atoms. The minimum absolute atomic E-state index is 0.0136. The highest BCUT2D eigenvalue weighted by Gasteiger charge is 2.50. The molecule has 1 unspecified atom stereocenters. The molecule has 34 heavy (non-hydrogen) atoms. The van der Waals surface area contributed by atoms with Crippen LogP contribution in [-0.4, -0.2) is 48.1 Å². The lowest BCUT2D eigenvalue weighted by molar-refractivity contribution is -0.129. The first-order valence-electron chi connectivity index (χ1n) is 10.4. The summed E-state index contributed by atoms with van der Waals surface area (Å²) in [5.41, 5.74) is 7.51. The maximum Gasteiger partial charge on any atom is 0.354 e. The second-order valence-electron chi connectivity index (χ2n) is 7.81. The van der Waals surface area contributed by atoms with E-state index in [1.165, 1.54) is 35.9 Å². The molecule has 0 bridgehead atoms. The topological polar surface area (TPSA) is 114 Å². The summed E-state index contributed by atoms with van der Waals surface area (Å²) in [4.78, 5) is 31.7. The molecule has 1 aliphatic heterocycles. The first kappa shape index (κ1) is 22.7. The Hall–Kier alpha value is -4.45. The smallest absolute Gasteiger partial charge is 0.354 e. The number of aliphatic imine (C=N–C) groups is 1. The molecule has 172 valence electrons. The van der Waals surface area contributed by atoms with Gasteiger partial charge in [0.2, 0.25) is 0 Å². The number of hydrogen-bond donors (Lipinski definition) is 1. The first-order valence-corrected chi connectivity index (χ1v) is 10.4. The van der Waals surface area contributed by atoms with Gasteiger partial charge in [0.25, 0.3) is 5.91 Å². The summed E-state index contributed by atoms with van der Waals surface area (Å²) in [7, 11) is 2.75. The molecule has 0 saturated heterocycles. The van der Waals surface area contributed by atoms with Crippen LogP contribution < -0.4 is 5.73 Å². The molecule has 0 radical (unpaired) electrons. The number of amides is 1. The number of aryl methyl sites for hydroxylation is 1. The van der Waals surface area contributed by atoms with Crippen molar-refractivity contribution in [3.8, 4) is 17.2 Å². The number of nitrogens with zero attached hydrogens (tertiary/aromatic N) is 4. The van der Waals surface area contributed by atoms with Crippen LogP contribution in [0.15, 0.2) is 65.8 Å². The minimum Gasteiger partial charge on any atom is -0.464 e. The van der Waals surface area contributed by atoms with Crippen molar-refractivity contribution >= 4 is 17.8 Å². The molecule has 4 rings (SSSR count). The Kier molecular flexibility index (Phi) is 5.90. The Morgan fingerprint density at radius 3 is 2.50 bits per heavy atom. The zero-order chi connectivity index (χ0) is 24.5. The zero-order valence-electron chi connectivity index (χ0n) is 18.7. The minimum atomic E-state index is -1.58. The average Bonchev–Trinajstić information content (AvgIpc) is 3.39. The number of halogens is 1. The van der Waals surface area contributed by atoms with Crippen molar-refractivity contribution in [2.45, 2.75) is 12.1 Å². The van der Waals surface area contributed by atoms with E-state index in [1.807, 2.05) is 12.1 Å². The van der Waals surface area contributed by atoms with E-state index in [1.54, 1.807) is 36.4 Å². The third kappa shape index (κ3) is 3.59. The summed E-state index contributed by atoms with van der Waals surface area (Å²) in [6, 6.07) is 17.9. The SMILES string of the molecule is COC(=O)c1cc(C2(c3cccc(-c4cccc(C#N)c4)c3)N=C(N)N(C)C2=O)cn1CCF. The van der Waals surface area contributed by atoms with E-state index in [0.717, 1.165) is 11.1 Å². The van der Waals surface area contributed by atoms with Crippen LogP contribution in [0.4, 0.5) is 4.39 Å². The number of nitrogens with two attached hydrogens (primary N) is 1. The molecule has 1 aliphatic rings. The molecule has 1 atom stereocenters. The summed E-state index contributed by atoms with van der Waals surface area (Å²) >= 11 is 0. The fourth-order valence-electron chi connectivity index (χ4n) is 4.14. The molecule has 2 N–H and O–H groups in total. The molecule has 8 nitrogen and oxygen atoms in total. The van der Waals surface area contributed by atoms with Gasteiger partial charge in [-0.15, -0.1) is 0 Å². The summed E-state index contributed by atoms with van der Waals surface area (Å²) in [6.07, 6.45) is 1.53. The number of benzene rings is 2. The first-order chi connectivity index (χ1) is 16.3. The largest absolute Gasteiger partial charge is 0.464 e. The van der Waals surface area contributed by atoms with Crippen molar-refractivity contribution in [2.24, 2.45) is 10.7 Å². The molecule has 1 aromatic heterocycles. The van der Waals surface area contributed by atoms with Gasteiger partial charge in [0.05, 0.1) is 25.3 Å². The van der Waals surface area contributed by atoms with Crippen molar-refractivity contribution < 1.29 is 18.7 Å². The molecule has 0 saturated carbocycles. The third-order valence-electron chi connectivity index (χ3n) is 5.88. The number of rotatable bonds is 6. The van der Waals surface area contributed by atoms with Crippen molar-refractivity contribution in [2.75, 3.05) is 20.8 Å². The fourth-order valence-corrected chi connectivity index (χ4v) is 4.14. The Bertz CT molecular complexity index is 1360. The zero-order valence-corrected chi connectivity index (χ0v) is 18.7. The standard InChI is InChI=1S/C25H22FN5O3/c1-30-23(33)25(29-24(30)28,20-13-21(22(32)34-2)31(15-20)10-9-26)19-8-4-7-18(12-19)17-6-3-5-16(11-17)14-27/h3-8,11-13,15H,9-10H2,1-2H3,(H2,28,29). The Balaban J connectivity index is 1.94. The van der Waals surface area contributed by atoms with Gasteiger partial charge < -0.3 is 15.0 Å². The van der Waals surface area contributed by atoms with Gasteiger partial charge in [0.15, 0.2) is 11.5 Å². The average molecular weight is 459 g/mol. The predicted molar refractivity (Wildman–Crippen MR) is 124 cm³/mol.